The summed E-state index contributed by atoms with van der Waals surface area (Å²) < 4.78 is 17.3. The Morgan fingerprint density at radius 1 is 0.396 bits per heavy atom. The molecule has 7 nitrogen and oxygen atoms in total. The van der Waals surface area contributed by atoms with Gasteiger partial charge in [-0.3, -0.25) is 9.13 Å². The largest absolute Gasteiger partial charge is 0.458 e. The molecule has 0 radical (unpaired) electrons. The van der Waals surface area contributed by atoms with E-state index in [9.17, 15) is 0 Å². The molecule has 2 aliphatic heterocycles. The summed E-state index contributed by atoms with van der Waals surface area (Å²) in [5.74, 6) is 4.93. The molecular weight excluding hydrogens is 653 g/mol. The van der Waals surface area contributed by atoms with Crippen LogP contribution in [0, 0.1) is 0 Å². The van der Waals surface area contributed by atoms with Gasteiger partial charge in [0, 0.05) is 32.6 Å². The Balaban J connectivity index is 1.14. The fourth-order valence-corrected chi connectivity index (χ4v) is 8.48. The smallest absolute Gasteiger partial charge is 0.260 e. The third kappa shape index (κ3) is 4.03. The van der Waals surface area contributed by atoms with Crippen molar-refractivity contribution in [1.82, 2.24) is 24.1 Å². The van der Waals surface area contributed by atoms with Crippen LogP contribution in [0.3, 0.4) is 0 Å². The molecule has 0 bridgehead atoms. The van der Waals surface area contributed by atoms with Crippen LogP contribution in [0.15, 0.2) is 158 Å². The van der Waals surface area contributed by atoms with Crippen molar-refractivity contribution in [1.29, 1.82) is 0 Å². The minimum absolute atomic E-state index is 0.0784. The Bertz CT molecular complexity index is 2910. The highest BCUT2D eigenvalue weighted by atomic mass is 16.5. The van der Waals surface area contributed by atoms with Gasteiger partial charge in [0.05, 0.1) is 22.1 Å². The molecule has 53 heavy (non-hydrogen) atoms. The maximum absolute atomic E-state index is 6.55. The van der Waals surface area contributed by atoms with Crippen molar-refractivity contribution in [2.75, 3.05) is 0 Å². The lowest BCUT2D eigenvalue weighted by Crippen LogP contribution is -2.57. The van der Waals surface area contributed by atoms with Gasteiger partial charge < -0.3 is 9.47 Å². The van der Waals surface area contributed by atoms with Crippen LogP contribution < -0.4 is 25.9 Å². The molecule has 0 N–H and O–H groups in total. The Morgan fingerprint density at radius 2 is 0.849 bits per heavy atom. The van der Waals surface area contributed by atoms with E-state index in [0.29, 0.717) is 17.7 Å². The van der Waals surface area contributed by atoms with Crippen LogP contribution >= 0.6 is 0 Å². The van der Waals surface area contributed by atoms with Crippen molar-refractivity contribution < 1.29 is 9.47 Å². The molecule has 8 heteroatoms. The minimum Gasteiger partial charge on any atom is -0.458 e. The molecule has 0 spiro atoms. The Kier molecular flexibility index (Phi) is 5.74. The van der Waals surface area contributed by atoms with Crippen LogP contribution in [0.2, 0.25) is 0 Å². The standard InChI is InChI=1S/C45H26BN5O2/c1-6-17-34-28(12-1)29-13-2-7-18-35(29)50(34)44-47-43(48-45(49-44)51-36-19-8-3-14-30(36)31-15-4-9-20-37(31)51)27-24-25-39-33(26-27)46-32-16-5-10-21-38(32)52-40-22-11-23-41(53-39)42(40)46/h1-26H. The van der Waals surface area contributed by atoms with Gasteiger partial charge in [-0.2, -0.15) is 15.0 Å². The maximum Gasteiger partial charge on any atom is 0.260 e. The second-order valence-corrected chi connectivity index (χ2v) is 13.6. The first kappa shape index (κ1) is 28.5. The van der Waals surface area contributed by atoms with Gasteiger partial charge in [-0.05, 0) is 65.5 Å². The summed E-state index contributed by atoms with van der Waals surface area (Å²) in [6, 6.07) is 54.3. The molecule has 0 saturated heterocycles. The number of aromatic nitrogens is 5. The second-order valence-electron chi connectivity index (χ2n) is 13.6. The highest BCUT2D eigenvalue weighted by Crippen LogP contribution is 2.37. The molecule has 2 aliphatic rings. The zero-order chi connectivity index (χ0) is 34.6. The van der Waals surface area contributed by atoms with Gasteiger partial charge in [0.1, 0.15) is 23.0 Å². The lowest BCUT2D eigenvalue weighted by Gasteiger charge is -2.32. The van der Waals surface area contributed by atoms with Crippen LogP contribution in [0.5, 0.6) is 23.0 Å². The predicted molar refractivity (Wildman–Crippen MR) is 212 cm³/mol. The van der Waals surface area contributed by atoms with E-state index in [1.54, 1.807) is 0 Å². The van der Waals surface area contributed by atoms with Crippen LogP contribution in [0.1, 0.15) is 0 Å². The molecule has 7 aromatic carbocycles. The number of hydrogen-bond donors (Lipinski definition) is 0. The lowest BCUT2D eigenvalue weighted by atomic mass is 9.35. The molecule has 12 rings (SSSR count). The molecule has 5 heterocycles. The second kappa shape index (κ2) is 10.7. The predicted octanol–water partition coefficient (Wildman–Crippen LogP) is 8.46. The Hall–Kier alpha value is -7.19. The van der Waals surface area contributed by atoms with Gasteiger partial charge in [0.15, 0.2) is 5.82 Å². The number of hydrogen-bond acceptors (Lipinski definition) is 5. The van der Waals surface area contributed by atoms with E-state index in [4.69, 9.17) is 24.4 Å². The van der Waals surface area contributed by atoms with Gasteiger partial charge in [0.25, 0.3) is 6.71 Å². The number of benzene rings is 7. The number of ether oxygens (including phenoxy) is 2. The summed E-state index contributed by atoms with van der Waals surface area (Å²) in [5, 5.41) is 4.56. The molecule has 246 valence electrons. The number of nitrogens with zero attached hydrogens (tertiary/aromatic N) is 5. The summed E-state index contributed by atoms with van der Waals surface area (Å²) in [4.78, 5) is 15.9. The topological polar surface area (TPSA) is 67.0 Å². The van der Waals surface area contributed by atoms with Crippen LogP contribution in [-0.4, -0.2) is 30.8 Å². The fraction of sp³-hybridized carbons (Fsp3) is 0. The van der Waals surface area contributed by atoms with E-state index in [1.807, 2.05) is 36.4 Å². The molecule has 0 amide bonds. The number of para-hydroxylation sites is 5. The highest BCUT2D eigenvalue weighted by Gasteiger charge is 2.40. The van der Waals surface area contributed by atoms with Crippen molar-refractivity contribution in [3.05, 3.63) is 158 Å². The highest BCUT2D eigenvalue weighted by molar-refractivity contribution is 6.98. The molecule has 3 aromatic heterocycles. The summed E-state index contributed by atoms with van der Waals surface area (Å²) in [6.45, 7) is -0.0784. The lowest BCUT2D eigenvalue weighted by molar-refractivity contribution is 0.464. The van der Waals surface area contributed by atoms with Crippen molar-refractivity contribution in [2.24, 2.45) is 0 Å². The zero-order valence-electron chi connectivity index (χ0n) is 28.1. The monoisotopic (exact) mass is 679 g/mol. The van der Waals surface area contributed by atoms with Gasteiger partial charge >= 0.3 is 0 Å². The van der Waals surface area contributed by atoms with Crippen molar-refractivity contribution in [3.63, 3.8) is 0 Å². The first-order valence-corrected chi connectivity index (χ1v) is 17.7. The summed E-state index contributed by atoms with van der Waals surface area (Å²) >= 11 is 0. The summed E-state index contributed by atoms with van der Waals surface area (Å²) in [5.41, 5.74) is 8.15. The van der Waals surface area contributed by atoms with Crippen molar-refractivity contribution >= 4 is 66.7 Å². The summed E-state index contributed by atoms with van der Waals surface area (Å²) in [6.07, 6.45) is 0. The van der Waals surface area contributed by atoms with Crippen LogP contribution in [-0.2, 0) is 0 Å². The first-order valence-electron chi connectivity index (χ1n) is 17.7. The van der Waals surface area contributed by atoms with E-state index in [2.05, 4.69) is 130 Å². The van der Waals surface area contributed by atoms with Gasteiger partial charge in [-0.25, -0.2) is 0 Å². The third-order valence-electron chi connectivity index (χ3n) is 10.7. The first-order chi connectivity index (χ1) is 26.3. The van der Waals surface area contributed by atoms with E-state index in [-0.39, 0.29) is 6.71 Å². The third-order valence-corrected chi connectivity index (χ3v) is 10.7. The zero-order valence-corrected chi connectivity index (χ0v) is 28.1. The molecule has 10 aromatic rings. The van der Waals surface area contributed by atoms with Gasteiger partial charge in [-0.1, -0.05) is 103 Å². The van der Waals surface area contributed by atoms with Gasteiger partial charge in [-0.15, -0.1) is 0 Å². The summed E-state index contributed by atoms with van der Waals surface area (Å²) in [7, 11) is 0. The maximum atomic E-state index is 6.55. The fourth-order valence-electron chi connectivity index (χ4n) is 8.48. The van der Waals surface area contributed by atoms with Crippen molar-refractivity contribution in [2.45, 2.75) is 0 Å². The van der Waals surface area contributed by atoms with Crippen molar-refractivity contribution in [3.8, 4) is 46.3 Å². The molecule has 0 atom stereocenters. The molecule has 0 saturated carbocycles. The average Bonchev–Trinajstić information content (AvgIpc) is 3.74. The van der Waals surface area contributed by atoms with E-state index in [0.717, 1.165) is 88.6 Å². The number of fused-ring (bicyclic) bond motifs is 10. The average molecular weight is 680 g/mol. The normalized spacial score (nSPS) is 12.8. The van der Waals surface area contributed by atoms with E-state index in [1.165, 1.54) is 0 Å². The van der Waals surface area contributed by atoms with Crippen LogP contribution in [0.4, 0.5) is 0 Å². The minimum atomic E-state index is -0.0784. The molecule has 0 aliphatic carbocycles. The Labute approximate surface area is 303 Å². The quantitative estimate of drug-likeness (QED) is 0.175. The molecule has 0 fully saturated rings. The number of rotatable bonds is 3. The van der Waals surface area contributed by atoms with Gasteiger partial charge in [0.2, 0.25) is 11.9 Å². The van der Waals surface area contributed by atoms with E-state index < -0.39 is 0 Å². The molecule has 0 unspecified atom stereocenters. The Morgan fingerprint density at radius 3 is 1.40 bits per heavy atom. The van der Waals surface area contributed by atoms with E-state index >= 15 is 0 Å². The molecular formula is C45H26BN5O2. The SMILES string of the molecule is c1ccc2c(c1)Oc1cccc3c1B2c1cc(-c2nc(-n4c5ccccc5c5ccccc54)nc(-n4c5ccccc5c5ccccc54)n2)ccc1O3. The van der Waals surface area contributed by atoms with Crippen LogP contribution in [0.25, 0.3) is 66.9 Å².